The number of benzene rings is 9. The number of aryl methyl sites for hydroxylation is 1. The molecule has 0 saturated carbocycles. The van der Waals surface area contributed by atoms with Gasteiger partial charge in [-0.05, 0) is 127 Å². The summed E-state index contributed by atoms with van der Waals surface area (Å²) in [5.74, 6) is 0.134. The molecule has 0 aromatic heterocycles. The molecule has 0 heterocycles. The third kappa shape index (κ3) is 16.2. The minimum Gasteiger partial charge on any atom is -0.508 e. The molecule has 0 aliphatic carbocycles. The Balaban J connectivity index is 0.000000162. The quantitative estimate of drug-likeness (QED) is 0.0192. The smallest absolute Gasteiger partial charge is 0.269 e. The summed E-state index contributed by atoms with van der Waals surface area (Å²) in [6.07, 6.45) is 0. The first kappa shape index (κ1) is 53.7. The molecule has 0 aliphatic heterocycles. The number of halogens is 1. The Morgan fingerprint density at radius 2 is 0.743 bits per heavy atom. The predicted molar refractivity (Wildman–Crippen MR) is 299 cm³/mol. The number of phenols is 6. The average molecular weight is 1060 g/mol. The van der Waals surface area contributed by atoms with Gasteiger partial charge in [0.15, 0.2) is 0 Å². The van der Waals surface area contributed by atoms with Crippen molar-refractivity contribution in [3.05, 3.63) is 238 Å². The molecule has 0 saturated heterocycles. The predicted octanol–water partition coefficient (Wildman–Crippen LogP) is 15.5. The zero-order valence-electron chi connectivity index (χ0n) is 39.7. The molecule has 376 valence electrons. The maximum Gasteiger partial charge on any atom is 0.269 e. The second kappa shape index (κ2) is 26.6. The fourth-order valence-electron chi connectivity index (χ4n) is 6.95. The van der Waals surface area contributed by atoms with Crippen molar-refractivity contribution in [2.24, 2.45) is 0 Å². The van der Waals surface area contributed by atoms with Crippen LogP contribution < -0.4 is 16.0 Å². The SMILES string of the molecule is Cc1ccc(Sc2ccccc2CNc2ccc(O)cc2O)cc1.O=[N+]([O-])c1ccc(Sc2ccccc2CNc2ccc(O)cc2O)cc1.Oc1ccc(NCc2ccccc2Sc2ccc(Cl)cc2)c(O)c1. The van der Waals surface area contributed by atoms with Gasteiger partial charge in [0.25, 0.3) is 5.69 Å². The van der Waals surface area contributed by atoms with E-state index in [1.807, 2.05) is 78.9 Å². The van der Waals surface area contributed by atoms with Gasteiger partial charge in [-0.15, -0.1) is 0 Å². The highest BCUT2D eigenvalue weighted by Gasteiger charge is 2.11. The van der Waals surface area contributed by atoms with Gasteiger partial charge in [0, 0.05) is 84.4 Å². The Hall–Kier alpha value is -8.08. The van der Waals surface area contributed by atoms with E-state index in [0.29, 0.717) is 36.7 Å². The van der Waals surface area contributed by atoms with Crippen molar-refractivity contribution >= 4 is 69.6 Å². The summed E-state index contributed by atoms with van der Waals surface area (Å²) in [4.78, 5) is 16.8. The van der Waals surface area contributed by atoms with E-state index in [-0.39, 0.29) is 40.2 Å². The molecule has 0 aliphatic rings. The van der Waals surface area contributed by atoms with E-state index in [4.69, 9.17) is 11.6 Å². The fraction of sp³-hybridized carbons (Fsp3) is 0.0690. The van der Waals surface area contributed by atoms with E-state index in [9.17, 15) is 40.8 Å². The molecule has 0 spiro atoms. The number of hydrogen-bond donors (Lipinski definition) is 9. The minimum absolute atomic E-state index is 0.00202. The molecule has 0 radical (unpaired) electrons. The third-order valence-corrected chi connectivity index (χ3v) is 14.5. The van der Waals surface area contributed by atoms with Crippen LogP contribution >= 0.6 is 46.9 Å². The van der Waals surface area contributed by atoms with Gasteiger partial charge < -0.3 is 46.6 Å². The second-order valence-electron chi connectivity index (χ2n) is 16.3. The van der Waals surface area contributed by atoms with Gasteiger partial charge in [0.1, 0.15) is 34.5 Å². The fourth-order valence-corrected chi connectivity index (χ4v) is 9.91. The standard InChI is InChI=1S/C20H19NO2S.C19H16ClNO2S.C19H16N2O4S/c1-14-6-9-17(10-7-14)24-20-5-3-2-4-15(20)13-21-18-11-8-16(22)12-19(18)23;20-14-5-8-16(9-6-14)24-19-4-2-1-3-13(19)12-21-17-10-7-15(22)11-18(17)23;22-15-7-10-17(18(23)11-15)20-12-13-3-1-2-4-19(13)26-16-8-5-14(6-9-16)21(24)25/h2-12,21-23H,13H2,1H3;1-11,21-23H,12H2;1-11,20,22-23H,12H2. The van der Waals surface area contributed by atoms with Gasteiger partial charge >= 0.3 is 0 Å². The molecule has 16 heteroatoms. The third-order valence-electron chi connectivity index (χ3n) is 10.8. The first-order valence-corrected chi connectivity index (χ1v) is 25.7. The van der Waals surface area contributed by atoms with Gasteiger partial charge in [0.2, 0.25) is 0 Å². The molecule has 0 unspecified atom stereocenters. The lowest BCUT2D eigenvalue weighted by Gasteiger charge is -2.12. The summed E-state index contributed by atoms with van der Waals surface area (Å²) in [5, 5.41) is 78.7. The number of nitrogens with zero attached hydrogens (tertiary/aromatic N) is 1. The summed E-state index contributed by atoms with van der Waals surface area (Å²) in [7, 11) is 0. The molecule has 9 aromatic carbocycles. The van der Waals surface area contributed by atoms with Gasteiger partial charge in [-0.1, -0.05) is 119 Å². The lowest BCUT2D eigenvalue weighted by atomic mass is 10.2. The van der Waals surface area contributed by atoms with Crippen LogP contribution in [-0.4, -0.2) is 35.6 Å². The highest BCUT2D eigenvalue weighted by atomic mass is 35.5. The van der Waals surface area contributed by atoms with E-state index in [2.05, 4.69) is 65.3 Å². The van der Waals surface area contributed by atoms with Crippen molar-refractivity contribution < 1.29 is 35.6 Å². The van der Waals surface area contributed by atoms with Crippen molar-refractivity contribution in [1.82, 2.24) is 0 Å². The topological polar surface area (TPSA) is 201 Å². The molecule has 0 amide bonds. The van der Waals surface area contributed by atoms with E-state index >= 15 is 0 Å². The second-order valence-corrected chi connectivity index (χ2v) is 20.1. The highest BCUT2D eigenvalue weighted by Crippen LogP contribution is 2.36. The Labute approximate surface area is 446 Å². The van der Waals surface area contributed by atoms with Gasteiger partial charge in [0.05, 0.1) is 22.0 Å². The van der Waals surface area contributed by atoms with Gasteiger partial charge in [-0.25, -0.2) is 0 Å². The van der Waals surface area contributed by atoms with Crippen LogP contribution in [0, 0.1) is 17.0 Å². The van der Waals surface area contributed by atoms with Crippen LogP contribution in [0.25, 0.3) is 0 Å². The maximum atomic E-state index is 10.7. The molecule has 0 bridgehead atoms. The molecule has 0 fully saturated rings. The van der Waals surface area contributed by atoms with E-state index in [0.717, 1.165) is 41.3 Å². The molecule has 0 atom stereocenters. The van der Waals surface area contributed by atoms with Gasteiger partial charge in [-0.3, -0.25) is 10.1 Å². The van der Waals surface area contributed by atoms with Crippen LogP contribution in [0.1, 0.15) is 22.3 Å². The first-order valence-electron chi connectivity index (χ1n) is 22.9. The highest BCUT2D eigenvalue weighted by molar-refractivity contribution is 8.00. The van der Waals surface area contributed by atoms with Crippen LogP contribution in [0.15, 0.2) is 230 Å². The van der Waals surface area contributed by atoms with E-state index in [1.165, 1.54) is 69.6 Å². The van der Waals surface area contributed by atoms with E-state index in [1.54, 1.807) is 59.9 Å². The molecule has 12 nitrogen and oxygen atoms in total. The van der Waals surface area contributed by atoms with Crippen molar-refractivity contribution in [3.63, 3.8) is 0 Å². The molecular formula is C58H51ClN4O8S3. The monoisotopic (exact) mass is 1060 g/mol. The van der Waals surface area contributed by atoms with Gasteiger partial charge in [-0.2, -0.15) is 0 Å². The summed E-state index contributed by atoms with van der Waals surface area (Å²) in [6, 6.07) is 60.1. The normalized spacial score (nSPS) is 10.5. The summed E-state index contributed by atoms with van der Waals surface area (Å²) < 4.78 is 0. The number of non-ortho nitro benzene ring substituents is 1. The van der Waals surface area contributed by atoms with Crippen LogP contribution in [0.2, 0.25) is 5.02 Å². The molecule has 9 aromatic rings. The molecule has 9 N–H and O–H groups in total. The lowest BCUT2D eigenvalue weighted by molar-refractivity contribution is -0.384. The van der Waals surface area contributed by atoms with Crippen LogP contribution in [-0.2, 0) is 19.6 Å². The number of anilines is 3. The number of phenolic OH excluding ortho intramolecular Hbond substituents is 6. The number of nitrogens with one attached hydrogen (secondary N) is 3. The number of nitro benzene ring substituents is 1. The first-order chi connectivity index (χ1) is 35.8. The Bertz CT molecular complexity index is 3150. The summed E-state index contributed by atoms with van der Waals surface area (Å²) in [6.45, 7) is 3.72. The molecule has 9 rings (SSSR count). The Morgan fingerprint density at radius 3 is 1.07 bits per heavy atom. The summed E-state index contributed by atoms with van der Waals surface area (Å²) in [5.41, 5.74) is 6.30. The lowest BCUT2D eigenvalue weighted by Crippen LogP contribution is -2.01. The molecule has 74 heavy (non-hydrogen) atoms. The van der Waals surface area contributed by atoms with Crippen molar-refractivity contribution in [3.8, 4) is 34.5 Å². The zero-order chi connectivity index (χ0) is 52.4. The van der Waals surface area contributed by atoms with Crippen LogP contribution in [0.5, 0.6) is 34.5 Å². The Kier molecular flexibility index (Phi) is 19.3. The number of aromatic hydroxyl groups is 6. The van der Waals surface area contributed by atoms with Crippen molar-refractivity contribution in [2.45, 2.75) is 55.9 Å². The van der Waals surface area contributed by atoms with Crippen molar-refractivity contribution in [1.29, 1.82) is 0 Å². The minimum atomic E-state index is -0.420. The number of rotatable bonds is 16. The Morgan fingerprint density at radius 1 is 0.432 bits per heavy atom. The maximum absolute atomic E-state index is 10.7. The average Bonchev–Trinajstić information content (AvgIpc) is 3.39. The van der Waals surface area contributed by atoms with Crippen LogP contribution in [0.4, 0.5) is 22.7 Å². The number of nitro groups is 1. The zero-order valence-corrected chi connectivity index (χ0v) is 42.9. The molecular weight excluding hydrogens is 1010 g/mol. The number of hydrogen-bond acceptors (Lipinski definition) is 14. The summed E-state index contributed by atoms with van der Waals surface area (Å²) >= 11 is 10.8. The van der Waals surface area contributed by atoms with E-state index < -0.39 is 4.92 Å². The largest absolute Gasteiger partial charge is 0.508 e. The van der Waals surface area contributed by atoms with Crippen molar-refractivity contribution in [2.75, 3.05) is 16.0 Å². The van der Waals surface area contributed by atoms with Crippen LogP contribution in [0.3, 0.4) is 0 Å².